The van der Waals surface area contributed by atoms with Gasteiger partial charge in [-0.15, -0.1) is 0 Å². The molecule has 4 aliphatic rings. The van der Waals surface area contributed by atoms with Gasteiger partial charge < -0.3 is 19.6 Å². The molecule has 19 aromatic rings. The monoisotopic (exact) mass is 1740 g/mol. The number of nitrogens with zero attached hydrogens (tertiary/aromatic N) is 4. The van der Waals surface area contributed by atoms with Crippen LogP contribution in [0.25, 0.3) is 82.0 Å². The fourth-order valence-electron chi connectivity index (χ4n) is 24.0. The number of hydrogen-bond acceptors (Lipinski definition) is 4. The Bertz CT molecular complexity index is 8040. The zero-order chi connectivity index (χ0) is 92.0. The van der Waals surface area contributed by atoms with Crippen LogP contribution >= 0.6 is 0 Å². The highest BCUT2D eigenvalue weighted by Crippen LogP contribution is 2.69. The average Bonchev–Trinajstić information content (AvgIpc) is 1.49. The molecule has 135 heavy (non-hydrogen) atoms. The van der Waals surface area contributed by atoms with E-state index >= 15 is 0 Å². The molecule has 0 amide bonds. The second-order valence-electron chi connectivity index (χ2n) is 39.1. The molecule has 0 aliphatic heterocycles. The molecule has 1 unspecified atom stereocenters. The lowest BCUT2D eigenvalue weighted by molar-refractivity contribution is 0.799. The quantitative estimate of drug-likeness (QED) is 0.0754. The van der Waals surface area contributed by atoms with Crippen LogP contribution in [-0.2, 0) is 17.3 Å². The molecule has 1 atom stereocenters. The molecule has 0 aromatic heterocycles. The number of aryl methyl sites for hydroxylation is 3. The molecule has 0 saturated heterocycles. The lowest BCUT2D eigenvalue weighted by atomic mass is 9.67. The van der Waals surface area contributed by atoms with Gasteiger partial charge in [0, 0.05) is 68.2 Å². The van der Waals surface area contributed by atoms with Crippen molar-refractivity contribution in [3.05, 3.63) is 507 Å². The topological polar surface area (TPSA) is 13.0 Å². The van der Waals surface area contributed by atoms with Gasteiger partial charge in [0.05, 0.1) is 10.8 Å². The van der Waals surface area contributed by atoms with E-state index in [0.717, 1.165) is 74.7 Å². The minimum Gasteiger partial charge on any atom is -0.310 e. The molecule has 0 N–H and O–H groups in total. The van der Waals surface area contributed by atoms with Gasteiger partial charge >= 0.3 is 0 Å². The van der Waals surface area contributed by atoms with E-state index in [1.165, 1.54) is 182 Å². The summed E-state index contributed by atoms with van der Waals surface area (Å²) in [6, 6.07) is 146. The summed E-state index contributed by atoms with van der Waals surface area (Å²) in [4.78, 5) is 9.82. The standard InChI is InChI=1S/C131H110N4/c1-14-34-102-103-47-25-28-50-123(103)130(122(102)15-2)126-106-67-63-100(134(92-42-23-18-24-43-92)95-44-31-35-86(12)69-95)75-116(106)110(81(3)4)77-118(126)119-78-111(82(5)6)117-76-101(64-68-107(117)127(119)130)135(96-45-32-36-87(13)70-96)97-46-33-37-89(72-97)71-88-55-59-94(60-56-88)133(91-40-21-17-22-41-91)99-62-66-109-115(74-99)113(84(9)10)80-121-120-79-112(83(7)8)114-73-98(132(90-38-19-16-20-39-90)93-57-53-85(11)54-58-93)61-65-108(114)128(120)131(129(109)121)124-51-29-26-48-104(124)105-49-27-30-52-125(105)131/h14-70,72-84H,2,71H2,1,3-13H3/b34-14-. The van der Waals surface area contributed by atoms with Gasteiger partial charge in [0.25, 0.3) is 0 Å². The number of benzene rings is 19. The molecule has 23 rings (SSSR count). The number of hydrogen-bond donors (Lipinski definition) is 0. The Balaban J connectivity index is 0.635. The van der Waals surface area contributed by atoms with Crippen LogP contribution in [0.2, 0.25) is 0 Å². The molecule has 0 radical (unpaired) electrons. The van der Waals surface area contributed by atoms with Crippen LogP contribution in [0.1, 0.15) is 181 Å². The van der Waals surface area contributed by atoms with Crippen molar-refractivity contribution < 1.29 is 0 Å². The van der Waals surface area contributed by atoms with Crippen LogP contribution in [-0.4, -0.2) is 0 Å². The normalized spacial score (nSPS) is 14.1. The summed E-state index contributed by atoms with van der Waals surface area (Å²) >= 11 is 0. The predicted octanol–water partition coefficient (Wildman–Crippen LogP) is 36.4. The maximum Gasteiger partial charge on any atom is 0.0737 e. The minimum atomic E-state index is -0.732. The molecule has 4 heteroatoms. The zero-order valence-electron chi connectivity index (χ0n) is 79.1. The van der Waals surface area contributed by atoms with Crippen LogP contribution in [0.5, 0.6) is 0 Å². The van der Waals surface area contributed by atoms with Crippen LogP contribution in [0.4, 0.5) is 68.2 Å². The van der Waals surface area contributed by atoms with Crippen LogP contribution in [0.3, 0.4) is 0 Å². The molecular weight excluding hydrogens is 1630 g/mol. The first-order valence-corrected chi connectivity index (χ1v) is 48.4. The summed E-state index contributed by atoms with van der Waals surface area (Å²) in [5, 5.41) is 10.2. The van der Waals surface area contributed by atoms with Gasteiger partial charge in [0.2, 0.25) is 0 Å². The fourth-order valence-corrected chi connectivity index (χ4v) is 24.0. The Morgan fingerprint density at radius 1 is 0.244 bits per heavy atom. The number of fused-ring (bicyclic) bond motifs is 25. The van der Waals surface area contributed by atoms with Crippen molar-refractivity contribution in [2.75, 3.05) is 19.6 Å². The highest BCUT2D eigenvalue weighted by molar-refractivity contribution is 6.15. The molecule has 4 nitrogen and oxygen atoms in total. The third kappa shape index (κ3) is 13.3. The van der Waals surface area contributed by atoms with Crippen molar-refractivity contribution in [1.29, 1.82) is 0 Å². The molecule has 19 aromatic carbocycles. The number of anilines is 12. The van der Waals surface area contributed by atoms with E-state index < -0.39 is 10.8 Å². The number of para-hydroxylation sites is 3. The van der Waals surface area contributed by atoms with Crippen LogP contribution in [0, 0.1) is 20.8 Å². The fraction of sp³-hybridized carbons (Fsp3) is 0.145. The maximum absolute atomic E-state index is 4.83. The second-order valence-corrected chi connectivity index (χ2v) is 39.1. The molecule has 0 heterocycles. The highest BCUT2D eigenvalue weighted by atomic mass is 15.2. The Morgan fingerprint density at radius 3 is 0.911 bits per heavy atom. The lowest BCUT2D eigenvalue weighted by Gasteiger charge is -2.34. The number of rotatable bonds is 20. The van der Waals surface area contributed by atoms with Crippen molar-refractivity contribution in [2.45, 2.75) is 124 Å². The predicted molar refractivity (Wildman–Crippen MR) is 575 cm³/mol. The number of allylic oxidation sites excluding steroid dienone is 5. The van der Waals surface area contributed by atoms with Gasteiger partial charge in [-0.1, -0.05) is 298 Å². The van der Waals surface area contributed by atoms with Gasteiger partial charge in [0.15, 0.2) is 0 Å². The van der Waals surface area contributed by atoms with Gasteiger partial charge in [-0.25, -0.2) is 0 Å². The van der Waals surface area contributed by atoms with Gasteiger partial charge in [-0.3, -0.25) is 0 Å². The van der Waals surface area contributed by atoms with E-state index in [-0.39, 0.29) is 23.7 Å². The zero-order valence-corrected chi connectivity index (χ0v) is 79.1. The average molecular weight is 1740 g/mol. The second kappa shape index (κ2) is 33.1. The summed E-state index contributed by atoms with van der Waals surface area (Å²) in [6.07, 6.45) is 7.47. The molecule has 2 spiro atoms. The van der Waals surface area contributed by atoms with E-state index in [4.69, 9.17) is 6.58 Å². The molecule has 0 saturated carbocycles. The van der Waals surface area contributed by atoms with E-state index in [2.05, 4.69) is 503 Å². The van der Waals surface area contributed by atoms with Crippen LogP contribution in [0.15, 0.2) is 413 Å². The Hall–Kier alpha value is -15.4. The third-order valence-corrected chi connectivity index (χ3v) is 29.6. The first-order valence-electron chi connectivity index (χ1n) is 48.4. The summed E-state index contributed by atoms with van der Waals surface area (Å²) in [5.74, 6) is 0.841. The first-order chi connectivity index (χ1) is 65.9. The van der Waals surface area contributed by atoms with Crippen molar-refractivity contribution in [3.8, 4) is 33.4 Å². The van der Waals surface area contributed by atoms with E-state index in [1.54, 1.807) is 0 Å². The largest absolute Gasteiger partial charge is 0.310 e. The van der Waals surface area contributed by atoms with Crippen molar-refractivity contribution >= 4 is 117 Å². The molecule has 0 bridgehead atoms. The highest BCUT2D eigenvalue weighted by Gasteiger charge is 2.56. The van der Waals surface area contributed by atoms with Gasteiger partial charge in [-0.05, 0) is 404 Å². The Morgan fingerprint density at radius 2 is 0.541 bits per heavy atom. The molecule has 654 valence electrons. The SMILES string of the molecule is C=CC1=C(/C=C\C)c2ccccc2C12c1c(cc(C(C)C)c3cc(N(c4ccccc4)c4cccc(C)c4)ccc13)-c1cc(C(C)C)c3cc(N(c4cccc(C)c4)c4cccc(Cc5ccc(N(c6ccccc6)c6ccc7c8c(cc(C(C)C)c7c6)-c6cc(C(C)C)c7cc(N(c9ccccc9)c9ccc(C)cc9)ccc7c6C86c7ccccc7-c7ccccc76)cc5)c4)ccc3c12. The first kappa shape index (κ1) is 83.9. The van der Waals surface area contributed by atoms with E-state index in [1.807, 2.05) is 0 Å². The smallest absolute Gasteiger partial charge is 0.0737 e. The third-order valence-electron chi connectivity index (χ3n) is 29.6. The summed E-state index contributed by atoms with van der Waals surface area (Å²) in [7, 11) is 0. The van der Waals surface area contributed by atoms with Crippen molar-refractivity contribution in [2.24, 2.45) is 0 Å². The molecular formula is C131H110N4. The van der Waals surface area contributed by atoms with Crippen LogP contribution < -0.4 is 19.6 Å². The lowest BCUT2D eigenvalue weighted by Crippen LogP contribution is -2.27. The summed E-state index contributed by atoms with van der Waals surface area (Å²) < 4.78 is 0. The van der Waals surface area contributed by atoms with Crippen molar-refractivity contribution in [1.82, 2.24) is 0 Å². The molecule has 0 fully saturated rings. The minimum absolute atomic E-state index is 0.185. The Kier molecular flexibility index (Phi) is 20.6. The maximum atomic E-state index is 4.83. The van der Waals surface area contributed by atoms with E-state index in [9.17, 15) is 0 Å². The van der Waals surface area contributed by atoms with Gasteiger partial charge in [-0.2, -0.15) is 0 Å². The van der Waals surface area contributed by atoms with Gasteiger partial charge in [0.1, 0.15) is 0 Å². The summed E-state index contributed by atoms with van der Waals surface area (Å²) in [5.41, 5.74) is 44.3. The van der Waals surface area contributed by atoms with E-state index in [0.29, 0.717) is 0 Å². The van der Waals surface area contributed by atoms with Crippen molar-refractivity contribution in [3.63, 3.8) is 0 Å². The summed E-state index contributed by atoms with van der Waals surface area (Å²) in [6.45, 7) is 32.6. The molecule has 4 aliphatic carbocycles. The Labute approximate surface area is 795 Å².